The molecule has 5 nitrogen and oxygen atoms in total. The highest BCUT2D eigenvalue weighted by atomic mass is 19.4. The molecule has 0 bridgehead atoms. The maximum atomic E-state index is 13.0. The monoisotopic (exact) mass is 457 g/mol. The summed E-state index contributed by atoms with van der Waals surface area (Å²) in [6.07, 6.45) is -1.60. The average Bonchev–Trinajstić information content (AvgIpc) is 2.83. The van der Waals surface area contributed by atoms with Gasteiger partial charge in [-0.1, -0.05) is 42.5 Å². The number of anilines is 1. The molecular weight excluding hydrogens is 431 g/mol. The molecule has 174 valence electrons. The van der Waals surface area contributed by atoms with E-state index in [4.69, 9.17) is 4.74 Å². The SMILES string of the molecule is CNC(=O)C(c1ccccc1)N(CCCc1ccc(C(F)(F)F)cc1)c1cccnc1OC. The summed E-state index contributed by atoms with van der Waals surface area (Å²) < 4.78 is 43.9. The van der Waals surface area contributed by atoms with Gasteiger partial charge in [-0.15, -0.1) is 0 Å². The number of likely N-dealkylation sites (N-methyl/N-ethyl adjacent to an activating group) is 1. The van der Waals surface area contributed by atoms with Gasteiger partial charge in [0.05, 0.1) is 12.7 Å². The molecule has 0 spiro atoms. The van der Waals surface area contributed by atoms with Gasteiger partial charge in [0, 0.05) is 19.8 Å². The van der Waals surface area contributed by atoms with Gasteiger partial charge < -0.3 is 15.0 Å². The number of amides is 1. The number of benzene rings is 2. The van der Waals surface area contributed by atoms with Crippen molar-refractivity contribution in [3.63, 3.8) is 0 Å². The molecule has 1 unspecified atom stereocenters. The van der Waals surface area contributed by atoms with E-state index in [1.807, 2.05) is 41.3 Å². The summed E-state index contributed by atoms with van der Waals surface area (Å²) in [5, 5.41) is 2.73. The van der Waals surface area contributed by atoms with E-state index in [-0.39, 0.29) is 5.91 Å². The summed E-state index contributed by atoms with van der Waals surface area (Å²) >= 11 is 0. The summed E-state index contributed by atoms with van der Waals surface area (Å²) in [7, 11) is 3.10. The number of hydrogen-bond donors (Lipinski definition) is 1. The number of ether oxygens (including phenoxy) is 1. The van der Waals surface area contributed by atoms with Crippen LogP contribution in [0.15, 0.2) is 72.9 Å². The molecule has 0 aliphatic rings. The van der Waals surface area contributed by atoms with Crippen LogP contribution in [0.3, 0.4) is 0 Å². The van der Waals surface area contributed by atoms with Crippen LogP contribution in [-0.4, -0.2) is 31.6 Å². The van der Waals surface area contributed by atoms with Crippen molar-refractivity contribution >= 4 is 11.6 Å². The molecular formula is C25H26F3N3O2. The minimum atomic E-state index is -4.36. The Balaban J connectivity index is 1.88. The molecule has 0 saturated heterocycles. The molecule has 1 heterocycles. The Morgan fingerprint density at radius 3 is 2.36 bits per heavy atom. The highest BCUT2D eigenvalue weighted by molar-refractivity contribution is 5.87. The third-order valence-electron chi connectivity index (χ3n) is 5.32. The second-order valence-electron chi connectivity index (χ2n) is 7.45. The minimum absolute atomic E-state index is 0.193. The number of methoxy groups -OCH3 is 1. The summed E-state index contributed by atoms with van der Waals surface area (Å²) in [5.74, 6) is 0.193. The van der Waals surface area contributed by atoms with E-state index >= 15 is 0 Å². The maximum Gasteiger partial charge on any atom is 0.416 e. The zero-order valence-electron chi connectivity index (χ0n) is 18.5. The number of aromatic nitrogens is 1. The molecule has 33 heavy (non-hydrogen) atoms. The molecule has 0 aliphatic heterocycles. The smallest absolute Gasteiger partial charge is 0.416 e. The van der Waals surface area contributed by atoms with E-state index < -0.39 is 17.8 Å². The first-order valence-electron chi connectivity index (χ1n) is 10.5. The van der Waals surface area contributed by atoms with Crippen LogP contribution < -0.4 is 15.0 Å². The number of carbonyl (C=O) groups excluding carboxylic acids is 1. The van der Waals surface area contributed by atoms with Crippen LogP contribution in [0.1, 0.15) is 29.2 Å². The largest absolute Gasteiger partial charge is 0.480 e. The first-order chi connectivity index (χ1) is 15.8. The second-order valence-corrected chi connectivity index (χ2v) is 7.45. The quantitative estimate of drug-likeness (QED) is 0.489. The van der Waals surface area contributed by atoms with Crippen LogP contribution in [0.4, 0.5) is 18.9 Å². The lowest BCUT2D eigenvalue weighted by Gasteiger charge is -2.33. The predicted octanol–water partition coefficient (Wildman–Crippen LogP) is 5.04. The van der Waals surface area contributed by atoms with Crippen molar-refractivity contribution in [2.24, 2.45) is 0 Å². The normalized spacial score (nSPS) is 12.2. The van der Waals surface area contributed by atoms with Crippen LogP contribution in [-0.2, 0) is 17.4 Å². The molecule has 3 rings (SSSR count). The number of alkyl halides is 3. The third-order valence-corrected chi connectivity index (χ3v) is 5.32. The van der Waals surface area contributed by atoms with E-state index in [1.165, 1.54) is 19.2 Å². The topological polar surface area (TPSA) is 54.5 Å². The van der Waals surface area contributed by atoms with Crippen LogP contribution >= 0.6 is 0 Å². The Morgan fingerprint density at radius 2 is 1.76 bits per heavy atom. The van der Waals surface area contributed by atoms with Crippen LogP contribution in [0.2, 0.25) is 0 Å². The summed E-state index contributed by atoms with van der Waals surface area (Å²) in [6.45, 7) is 0.454. The number of carbonyl (C=O) groups is 1. The standard InChI is InChI=1S/C25H26F3N3O2/c1-29-23(32)22(19-9-4-3-5-10-19)31(21-11-6-16-30-24(21)33-2)17-7-8-18-12-14-20(15-13-18)25(26,27)28/h3-6,9-16,22H,7-8,17H2,1-2H3,(H,29,32). The summed E-state index contributed by atoms with van der Waals surface area (Å²) in [6, 6.07) is 17.5. The molecule has 8 heteroatoms. The van der Waals surface area contributed by atoms with E-state index in [1.54, 1.807) is 19.3 Å². The highest BCUT2D eigenvalue weighted by Crippen LogP contribution is 2.34. The van der Waals surface area contributed by atoms with Crippen molar-refractivity contribution < 1.29 is 22.7 Å². The number of halogens is 3. The predicted molar refractivity (Wildman–Crippen MR) is 121 cm³/mol. The number of aryl methyl sites for hydroxylation is 1. The molecule has 1 atom stereocenters. The number of nitrogens with zero attached hydrogens (tertiary/aromatic N) is 2. The lowest BCUT2D eigenvalue weighted by Crippen LogP contribution is -2.40. The van der Waals surface area contributed by atoms with E-state index in [2.05, 4.69) is 10.3 Å². The van der Waals surface area contributed by atoms with Gasteiger partial charge in [-0.25, -0.2) is 4.98 Å². The van der Waals surface area contributed by atoms with Gasteiger partial charge in [0.15, 0.2) is 0 Å². The Kier molecular flexibility index (Phi) is 7.92. The number of pyridine rings is 1. The summed E-state index contributed by atoms with van der Waals surface area (Å²) in [4.78, 5) is 19.2. The van der Waals surface area contributed by atoms with Crippen LogP contribution in [0.5, 0.6) is 5.88 Å². The molecule has 0 saturated carbocycles. The van der Waals surface area contributed by atoms with Crippen LogP contribution in [0.25, 0.3) is 0 Å². The maximum absolute atomic E-state index is 13.0. The van der Waals surface area contributed by atoms with Gasteiger partial charge in [-0.05, 0) is 48.2 Å². The number of nitrogens with one attached hydrogen (secondary N) is 1. The molecule has 0 fully saturated rings. The van der Waals surface area contributed by atoms with Crippen molar-refractivity contribution in [3.05, 3.63) is 89.6 Å². The average molecular weight is 457 g/mol. The lowest BCUT2D eigenvalue weighted by molar-refractivity contribution is -0.137. The fourth-order valence-corrected chi connectivity index (χ4v) is 3.71. The van der Waals surface area contributed by atoms with Crippen LogP contribution in [0, 0.1) is 0 Å². The third kappa shape index (κ3) is 6.03. The van der Waals surface area contributed by atoms with Gasteiger partial charge in [0.1, 0.15) is 11.7 Å². The van der Waals surface area contributed by atoms with Crippen molar-refractivity contribution in [1.29, 1.82) is 0 Å². The fraction of sp³-hybridized carbons (Fsp3) is 0.280. The van der Waals surface area contributed by atoms with Crippen molar-refractivity contribution in [3.8, 4) is 5.88 Å². The molecule has 3 aromatic rings. The fourth-order valence-electron chi connectivity index (χ4n) is 3.71. The highest BCUT2D eigenvalue weighted by Gasteiger charge is 2.31. The Labute approximate surface area is 191 Å². The number of rotatable bonds is 9. The molecule has 1 aromatic heterocycles. The van der Waals surface area contributed by atoms with E-state index in [9.17, 15) is 18.0 Å². The number of hydrogen-bond acceptors (Lipinski definition) is 4. The first-order valence-corrected chi connectivity index (χ1v) is 10.5. The van der Waals surface area contributed by atoms with Gasteiger partial charge in [-0.2, -0.15) is 13.2 Å². The molecule has 0 aliphatic carbocycles. The zero-order chi connectivity index (χ0) is 23.8. The van der Waals surface area contributed by atoms with Gasteiger partial charge in [-0.3, -0.25) is 4.79 Å². The van der Waals surface area contributed by atoms with Gasteiger partial charge >= 0.3 is 6.18 Å². The van der Waals surface area contributed by atoms with E-state index in [0.29, 0.717) is 31.0 Å². The Morgan fingerprint density at radius 1 is 1.06 bits per heavy atom. The Hall–Kier alpha value is -3.55. The first kappa shape index (κ1) is 24.1. The zero-order valence-corrected chi connectivity index (χ0v) is 18.5. The molecule has 2 aromatic carbocycles. The molecule has 1 amide bonds. The summed E-state index contributed by atoms with van der Waals surface area (Å²) in [5.41, 5.74) is 1.58. The van der Waals surface area contributed by atoms with Gasteiger partial charge in [0.2, 0.25) is 11.8 Å². The minimum Gasteiger partial charge on any atom is -0.480 e. The van der Waals surface area contributed by atoms with Crippen molar-refractivity contribution in [2.45, 2.75) is 25.1 Å². The Bertz CT molecular complexity index is 1040. The lowest BCUT2D eigenvalue weighted by atomic mass is 10.0. The van der Waals surface area contributed by atoms with Crippen molar-refractivity contribution in [2.75, 3.05) is 25.6 Å². The second kappa shape index (κ2) is 10.8. The molecule has 0 radical (unpaired) electrons. The van der Waals surface area contributed by atoms with Crippen molar-refractivity contribution in [1.82, 2.24) is 10.3 Å². The molecule has 1 N–H and O–H groups in total. The van der Waals surface area contributed by atoms with E-state index in [0.717, 1.165) is 23.3 Å². The van der Waals surface area contributed by atoms with Gasteiger partial charge in [0.25, 0.3) is 0 Å².